The van der Waals surface area contributed by atoms with Crippen LogP contribution in [-0.2, 0) is 4.74 Å². The van der Waals surface area contributed by atoms with Crippen LogP contribution in [0, 0.1) is 5.82 Å². The van der Waals surface area contributed by atoms with Crippen molar-refractivity contribution in [2.45, 2.75) is 12.2 Å². The van der Waals surface area contributed by atoms with Gasteiger partial charge in [0.2, 0.25) is 0 Å². The molecule has 0 radical (unpaired) electrons. The van der Waals surface area contributed by atoms with Crippen molar-refractivity contribution in [3.8, 4) is 11.5 Å². The maximum atomic E-state index is 13.9. The first-order valence-corrected chi connectivity index (χ1v) is 10.0. The minimum atomic E-state index is -0.577. The largest absolute Gasteiger partial charge is 0.486 e. The summed E-state index contributed by atoms with van der Waals surface area (Å²) in [6.07, 6.45) is -0.756. The number of fused-ring (bicyclic) bond motifs is 1. The van der Waals surface area contributed by atoms with Gasteiger partial charge in [-0.2, -0.15) is 0 Å². The molecule has 2 aromatic rings. The molecule has 4 rings (SSSR count). The lowest BCUT2D eigenvalue weighted by molar-refractivity contribution is -0.0292. The molecule has 6 nitrogen and oxygen atoms in total. The molecule has 0 unspecified atom stereocenters. The van der Waals surface area contributed by atoms with Gasteiger partial charge in [-0.25, -0.2) is 4.39 Å². The third-order valence-electron chi connectivity index (χ3n) is 5.22. The van der Waals surface area contributed by atoms with Crippen molar-refractivity contribution in [2.24, 2.45) is 0 Å². The van der Waals surface area contributed by atoms with E-state index >= 15 is 0 Å². The number of rotatable bonds is 7. The van der Waals surface area contributed by atoms with Crippen LogP contribution in [-0.4, -0.2) is 74.8 Å². The second kappa shape index (κ2) is 9.43. The van der Waals surface area contributed by atoms with Gasteiger partial charge in [-0.1, -0.05) is 24.3 Å². The van der Waals surface area contributed by atoms with Gasteiger partial charge in [-0.05, 0) is 24.3 Å². The van der Waals surface area contributed by atoms with E-state index in [9.17, 15) is 9.50 Å². The number of hydrogen-bond donors (Lipinski definition) is 1. The fourth-order valence-electron chi connectivity index (χ4n) is 3.71. The lowest BCUT2D eigenvalue weighted by atomic mass is 10.2. The Morgan fingerprint density at radius 2 is 1.76 bits per heavy atom. The van der Waals surface area contributed by atoms with Crippen LogP contribution in [0.25, 0.3) is 0 Å². The SMILES string of the molecule is O[C@H](COC[C@@H]1COc2ccccc2O1)CN1CCN(c2ccccc2F)CC1. The van der Waals surface area contributed by atoms with Crippen LogP contribution < -0.4 is 14.4 Å². The number of nitrogens with zero attached hydrogens (tertiary/aromatic N) is 2. The van der Waals surface area contributed by atoms with Crippen molar-refractivity contribution < 1.29 is 23.7 Å². The minimum Gasteiger partial charge on any atom is -0.486 e. The Balaban J connectivity index is 1.15. The number of para-hydroxylation sites is 3. The highest BCUT2D eigenvalue weighted by molar-refractivity contribution is 5.48. The summed E-state index contributed by atoms with van der Waals surface area (Å²) in [5.41, 5.74) is 0.646. The van der Waals surface area contributed by atoms with Gasteiger partial charge >= 0.3 is 0 Å². The van der Waals surface area contributed by atoms with Crippen LogP contribution in [0.5, 0.6) is 11.5 Å². The van der Waals surface area contributed by atoms with E-state index in [4.69, 9.17) is 14.2 Å². The number of piperazine rings is 1. The van der Waals surface area contributed by atoms with Gasteiger partial charge in [0.05, 0.1) is 25.0 Å². The van der Waals surface area contributed by atoms with E-state index < -0.39 is 6.10 Å². The Morgan fingerprint density at radius 3 is 2.55 bits per heavy atom. The average Bonchev–Trinajstić information content (AvgIpc) is 2.75. The maximum absolute atomic E-state index is 13.9. The summed E-state index contributed by atoms with van der Waals surface area (Å²) in [6.45, 7) is 4.62. The molecule has 2 atom stereocenters. The summed E-state index contributed by atoms with van der Waals surface area (Å²) < 4.78 is 31.1. The molecule has 1 fully saturated rings. The molecule has 2 aliphatic heterocycles. The Morgan fingerprint density at radius 1 is 1.03 bits per heavy atom. The number of aliphatic hydroxyl groups is 1. The monoisotopic (exact) mass is 402 g/mol. The highest BCUT2D eigenvalue weighted by Crippen LogP contribution is 2.30. The van der Waals surface area contributed by atoms with Crippen LogP contribution in [0.1, 0.15) is 0 Å². The zero-order valence-electron chi connectivity index (χ0n) is 16.4. The molecule has 2 heterocycles. The number of benzene rings is 2. The maximum Gasteiger partial charge on any atom is 0.161 e. The van der Waals surface area contributed by atoms with Crippen molar-refractivity contribution in [1.29, 1.82) is 0 Å². The van der Waals surface area contributed by atoms with Gasteiger partial charge < -0.3 is 24.2 Å². The normalized spacial score (nSPS) is 20.5. The second-order valence-electron chi connectivity index (χ2n) is 7.43. The average molecular weight is 402 g/mol. The highest BCUT2D eigenvalue weighted by Gasteiger charge is 2.23. The van der Waals surface area contributed by atoms with Crippen LogP contribution in [0.4, 0.5) is 10.1 Å². The molecular weight excluding hydrogens is 375 g/mol. The van der Waals surface area contributed by atoms with E-state index in [1.165, 1.54) is 6.07 Å². The zero-order valence-corrected chi connectivity index (χ0v) is 16.4. The summed E-state index contributed by atoms with van der Waals surface area (Å²) in [4.78, 5) is 4.23. The Kier molecular flexibility index (Phi) is 6.49. The third-order valence-corrected chi connectivity index (χ3v) is 5.22. The number of anilines is 1. The molecular formula is C22H27FN2O4. The summed E-state index contributed by atoms with van der Waals surface area (Å²) in [7, 11) is 0. The van der Waals surface area contributed by atoms with E-state index in [1.54, 1.807) is 6.07 Å². The molecule has 29 heavy (non-hydrogen) atoms. The number of ether oxygens (including phenoxy) is 3. The Labute approximate surface area is 170 Å². The zero-order chi connectivity index (χ0) is 20.1. The molecule has 2 aliphatic rings. The predicted molar refractivity (Wildman–Crippen MR) is 108 cm³/mol. The molecule has 0 amide bonds. The van der Waals surface area contributed by atoms with E-state index in [1.807, 2.05) is 41.3 Å². The van der Waals surface area contributed by atoms with Crippen molar-refractivity contribution in [3.63, 3.8) is 0 Å². The Hall–Kier alpha value is -2.35. The lowest BCUT2D eigenvalue weighted by Gasteiger charge is -2.37. The predicted octanol–water partition coefficient (Wildman–Crippen LogP) is 2.17. The summed E-state index contributed by atoms with van der Waals surface area (Å²) in [5, 5.41) is 10.3. The van der Waals surface area contributed by atoms with Gasteiger partial charge in [0.1, 0.15) is 12.4 Å². The van der Waals surface area contributed by atoms with Crippen molar-refractivity contribution >= 4 is 5.69 Å². The van der Waals surface area contributed by atoms with Crippen molar-refractivity contribution in [2.75, 3.05) is 57.4 Å². The molecule has 1 saturated heterocycles. The summed E-state index contributed by atoms with van der Waals surface area (Å²) in [5.74, 6) is 1.28. The highest BCUT2D eigenvalue weighted by atomic mass is 19.1. The first kappa shape index (κ1) is 19.9. The molecule has 156 valence electrons. The number of aliphatic hydroxyl groups excluding tert-OH is 1. The van der Waals surface area contributed by atoms with Crippen LogP contribution >= 0.6 is 0 Å². The van der Waals surface area contributed by atoms with Gasteiger partial charge in [0.25, 0.3) is 0 Å². The molecule has 2 aromatic carbocycles. The Bertz CT molecular complexity index is 798. The van der Waals surface area contributed by atoms with E-state index in [0.29, 0.717) is 25.4 Å². The third kappa shape index (κ3) is 5.18. The van der Waals surface area contributed by atoms with E-state index in [0.717, 1.165) is 37.7 Å². The second-order valence-corrected chi connectivity index (χ2v) is 7.43. The van der Waals surface area contributed by atoms with Gasteiger partial charge in [-0.15, -0.1) is 0 Å². The fraction of sp³-hybridized carbons (Fsp3) is 0.455. The molecule has 0 aliphatic carbocycles. The van der Waals surface area contributed by atoms with Gasteiger partial charge in [0, 0.05) is 32.7 Å². The molecule has 0 saturated carbocycles. The molecule has 0 spiro atoms. The van der Waals surface area contributed by atoms with Crippen molar-refractivity contribution in [3.05, 3.63) is 54.3 Å². The number of halogens is 1. The standard InChI is InChI=1S/C22H27FN2O4/c23-19-5-1-2-6-20(19)25-11-9-24(10-12-25)13-17(26)14-27-15-18-16-28-21-7-3-4-8-22(21)29-18/h1-8,17-18,26H,9-16H2/t17-,18+/m0/s1. The topological polar surface area (TPSA) is 54.4 Å². The minimum absolute atomic E-state index is 0.179. The van der Waals surface area contributed by atoms with E-state index in [2.05, 4.69) is 4.90 Å². The number of hydrogen-bond acceptors (Lipinski definition) is 6. The summed E-state index contributed by atoms with van der Waals surface area (Å²) >= 11 is 0. The van der Waals surface area contributed by atoms with Gasteiger partial charge in [-0.3, -0.25) is 4.90 Å². The van der Waals surface area contributed by atoms with E-state index in [-0.39, 0.29) is 18.5 Å². The van der Waals surface area contributed by atoms with Crippen LogP contribution in [0.2, 0.25) is 0 Å². The van der Waals surface area contributed by atoms with Crippen LogP contribution in [0.3, 0.4) is 0 Å². The quantitative estimate of drug-likeness (QED) is 0.766. The first-order valence-electron chi connectivity index (χ1n) is 10.0. The number of β-amino-alcohol motifs (C(OH)–C–C–N with tert-alkyl or cyclic N) is 1. The molecule has 7 heteroatoms. The lowest BCUT2D eigenvalue weighted by Crippen LogP contribution is -2.49. The van der Waals surface area contributed by atoms with Crippen LogP contribution in [0.15, 0.2) is 48.5 Å². The molecule has 0 aromatic heterocycles. The molecule has 1 N–H and O–H groups in total. The fourth-order valence-corrected chi connectivity index (χ4v) is 3.71. The molecule has 0 bridgehead atoms. The first-order chi connectivity index (χ1) is 14.2. The van der Waals surface area contributed by atoms with Gasteiger partial charge in [0.15, 0.2) is 17.6 Å². The summed E-state index contributed by atoms with van der Waals surface area (Å²) in [6, 6.07) is 14.4. The smallest absolute Gasteiger partial charge is 0.161 e. The van der Waals surface area contributed by atoms with Crippen molar-refractivity contribution in [1.82, 2.24) is 4.90 Å².